The predicted molar refractivity (Wildman–Crippen MR) is 80.1 cm³/mol. The molecular formula is C16H16F2N2O2. The fourth-order valence-corrected chi connectivity index (χ4v) is 1.94. The highest BCUT2D eigenvalue weighted by Gasteiger charge is 2.10. The van der Waals surface area contributed by atoms with E-state index in [4.69, 9.17) is 0 Å². The van der Waals surface area contributed by atoms with Gasteiger partial charge in [-0.3, -0.25) is 0 Å². The number of hydrogen-bond donors (Lipinski definition) is 2. The van der Waals surface area contributed by atoms with E-state index in [1.54, 1.807) is 6.07 Å². The van der Waals surface area contributed by atoms with Crippen molar-refractivity contribution in [3.05, 3.63) is 60.2 Å². The molecule has 0 heterocycles. The zero-order chi connectivity index (χ0) is 15.9. The number of carbonyl (C=O) groups excluding carboxylic acids is 1. The molecule has 2 aromatic carbocycles. The van der Waals surface area contributed by atoms with Gasteiger partial charge in [-0.2, -0.15) is 8.78 Å². The van der Waals surface area contributed by atoms with Gasteiger partial charge in [0.05, 0.1) is 6.04 Å². The zero-order valence-corrected chi connectivity index (χ0v) is 11.9. The molecule has 0 aliphatic rings. The number of nitrogens with one attached hydrogen (secondary N) is 2. The summed E-state index contributed by atoms with van der Waals surface area (Å²) in [5.41, 5.74) is 1.34. The average molecular weight is 306 g/mol. The van der Waals surface area contributed by atoms with Crippen molar-refractivity contribution in [2.75, 3.05) is 5.32 Å². The summed E-state index contributed by atoms with van der Waals surface area (Å²) in [4.78, 5) is 11.9. The molecule has 0 bridgehead atoms. The lowest BCUT2D eigenvalue weighted by Gasteiger charge is -2.15. The van der Waals surface area contributed by atoms with Crippen LogP contribution in [0.25, 0.3) is 0 Å². The molecule has 2 aromatic rings. The number of alkyl halides is 2. The molecule has 1 atom stereocenters. The normalized spacial score (nSPS) is 11.8. The van der Waals surface area contributed by atoms with E-state index in [1.807, 2.05) is 37.3 Å². The fourth-order valence-electron chi connectivity index (χ4n) is 1.94. The lowest BCUT2D eigenvalue weighted by molar-refractivity contribution is -0.0497. The van der Waals surface area contributed by atoms with Gasteiger partial charge in [-0.05, 0) is 24.6 Å². The van der Waals surface area contributed by atoms with Gasteiger partial charge in [-0.1, -0.05) is 36.4 Å². The molecule has 2 rings (SSSR count). The van der Waals surface area contributed by atoms with Crippen LogP contribution in [-0.4, -0.2) is 12.6 Å². The number of ether oxygens (including phenoxy) is 1. The van der Waals surface area contributed by atoms with Gasteiger partial charge in [0.15, 0.2) is 0 Å². The van der Waals surface area contributed by atoms with Gasteiger partial charge in [0.25, 0.3) is 0 Å². The Bertz CT molecular complexity index is 621. The molecule has 0 aromatic heterocycles. The van der Waals surface area contributed by atoms with Crippen molar-refractivity contribution < 1.29 is 18.3 Å². The molecule has 0 saturated heterocycles. The number of anilines is 1. The Morgan fingerprint density at radius 3 is 2.50 bits per heavy atom. The van der Waals surface area contributed by atoms with Crippen LogP contribution in [0.3, 0.4) is 0 Å². The van der Waals surface area contributed by atoms with Crippen LogP contribution < -0.4 is 15.4 Å². The minimum absolute atomic E-state index is 0.0103. The van der Waals surface area contributed by atoms with Gasteiger partial charge in [0.2, 0.25) is 0 Å². The zero-order valence-electron chi connectivity index (χ0n) is 11.9. The molecule has 0 unspecified atom stereocenters. The Morgan fingerprint density at radius 2 is 1.82 bits per heavy atom. The molecular weight excluding hydrogens is 290 g/mol. The Hall–Kier alpha value is -2.63. The highest BCUT2D eigenvalue weighted by atomic mass is 19.3. The molecule has 0 spiro atoms. The smallest absolute Gasteiger partial charge is 0.387 e. The third-order valence-electron chi connectivity index (χ3n) is 2.96. The summed E-state index contributed by atoms with van der Waals surface area (Å²) in [5.74, 6) is -0.0103. The summed E-state index contributed by atoms with van der Waals surface area (Å²) >= 11 is 0. The van der Waals surface area contributed by atoms with Crippen LogP contribution in [0.15, 0.2) is 54.6 Å². The monoisotopic (exact) mass is 306 g/mol. The molecule has 4 nitrogen and oxygen atoms in total. The van der Waals surface area contributed by atoms with Crippen molar-refractivity contribution in [1.29, 1.82) is 0 Å². The van der Waals surface area contributed by atoms with E-state index in [0.29, 0.717) is 5.69 Å². The number of hydrogen-bond acceptors (Lipinski definition) is 2. The summed E-state index contributed by atoms with van der Waals surface area (Å²) in [7, 11) is 0. The maximum absolute atomic E-state index is 12.2. The second kappa shape index (κ2) is 7.40. The topological polar surface area (TPSA) is 50.4 Å². The second-order valence-corrected chi connectivity index (χ2v) is 4.64. The predicted octanol–water partition coefficient (Wildman–Crippen LogP) is 4.17. The minimum Gasteiger partial charge on any atom is -0.435 e. The Morgan fingerprint density at radius 1 is 1.09 bits per heavy atom. The second-order valence-electron chi connectivity index (χ2n) is 4.64. The van der Waals surface area contributed by atoms with Gasteiger partial charge in [0, 0.05) is 11.8 Å². The molecule has 0 aliphatic heterocycles. The lowest BCUT2D eigenvalue weighted by atomic mass is 10.1. The first kappa shape index (κ1) is 15.8. The standard InChI is InChI=1S/C16H16F2N2O2/c1-11(12-6-3-2-4-7-12)19-16(21)20-13-8-5-9-14(10-13)22-15(17)18/h2-11,15H,1H3,(H2,19,20,21)/t11-/m1/s1. The van der Waals surface area contributed by atoms with Crippen molar-refractivity contribution in [3.63, 3.8) is 0 Å². The fraction of sp³-hybridized carbons (Fsp3) is 0.188. The quantitative estimate of drug-likeness (QED) is 0.871. The van der Waals surface area contributed by atoms with E-state index in [9.17, 15) is 13.6 Å². The SMILES string of the molecule is C[C@@H](NC(=O)Nc1cccc(OC(F)F)c1)c1ccccc1. The summed E-state index contributed by atoms with van der Waals surface area (Å²) in [6.45, 7) is -1.05. The van der Waals surface area contributed by atoms with E-state index < -0.39 is 12.6 Å². The summed E-state index contributed by atoms with van der Waals surface area (Å²) in [5, 5.41) is 5.35. The highest BCUT2D eigenvalue weighted by Crippen LogP contribution is 2.19. The Labute approximate surface area is 127 Å². The number of urea groups is 1. The largest absolute Gasteiger partial charge is 0.435 e. The Kier molecular flexibility index (Phi) is 5.30. The molecule has 6 heteroatoms. The molecule has 2 N–H and O–H groups in total. The lowest BCUT2D eigenvalue weighted by Crippen LogP contribution is -2.31. The first-order chi connectivity index (χ1) is 10.5. The van der Waals surface area contributed by atoms with Crippen molar-refractivity contribution in [3.8, 4) is 5.75 Å². The van der Waals surface area contributed by atoms with Crippen LogP contribution in [0.5, 0.6) is 5.75 Å². The maximum Gasteiger partial charge on any atom is 0.387 e. The molecule has 0 fully saturated rings. The van der Waals surface area contributed by atoms with Crippen molar-refractivity contribution >= 4 is 11.7 Å². The van der Waals surface area contributed by atoms with Gasteiger partial charge in [0.1, 0.15) is 5.75 Å². The Balaban J connectivity index is 1.94. The van der Waals surface area contributed by atoms with Crippen molar-refractivity contribution in [1.82, 2.24) is 5.32 Å². The summed E-state index contributed by atoms with van der Waals surface area (Å²) in [6.07, 6.45) is 0. The number of halogens is 2. The van der Waals surface area contributed by atoms with Crippen LogP contribution in [0.1, 0.15) is 18.5 Å². The van der Waals surface area contributed by atoms with E-state index in [2.05, 4.69) is 15.4 Å². The first-order valence-corrected chi connectivity index (χ1v) is 6.72. The van der Waals surface area contributed by atoms with Gasteiger partial charge < -0.3 is 15.4 Å². The van der Waals surface area contributed by atoms with Gasteiger partial charge in [-0.15, -0.1) is 0 Å². The number of amides is 2. The summed E-state index contributed by atoms with van der Waals surface area (Å²) in [6, 6.07) is 14.7. The van der Waals surface area contributed by atoms with E-state index >= 15 is 0 Å². The number of benzene rings is 2. The highest BCUT2D eigenvalue weighted by molar-refractivity contribution is 5.89. The first-order valence-electron chi connectivity index (χ1n) is 6.72. The van der Waals surface area contributed by atoms with Crippen LogP contribution in [0.4, 0.5) is 19.3 Å². The molecule has 0 saturated carbocycles. The maximum atomic E-state index is 12.2. The van der Waals surface area contributed by atoms with Gasteiger partial charge >= 0.3 is 12.6 Å². The summed E-state index contributed by atoms with van der Waals surface area (Å²) < 4.78 is 28.6. The number of carbonyl (C=O) groups is 1. The van der Waals surface area contributed by atoms with Crippen LogP contribution in [0.2, 0.25) is 0 Å². The van der Waals surface area contributed by atoms with Gasteiger partial charge in [-0.25, -0.2) is 4.79 Å². The molecule has 0 radical (unpaired) electrons. The molecule has 116 valence electrons. The molecule has 2 amide bonds. The van der Waals surface area contributed by atoms with Crippen molar-refractivity contribution in [2.45, 2.75) is 19.6 Å². The van der Waals surface area contributed by atoms with Crippen LogP contribution in [0, 0.1) is 0 Å². The molecule has 0 aliphatic carbocycles. The van der Waals surface area contributed by atoms with Crippen LogP contribution in [-0.2, 0) is 0 Å². The third-order valence-corrected chi connectivity index (χ3v) is 2.96. The van der Waals surface area contributed by atoms with E-state index in [-0.39, 0.29) is 11.8 Å². The van der Waals surface area contributed by atoms with E-state index in [0.717, 1.165) is 5.56 Å². The number of rotatable bonds is 5. The molecule has 22 heavy (non-hydrogen) atoms. The minimum atomic E-state index is -2.90. The van der Waals surface area contributed by atoms with Crippen molar-refractivity contribution in [2.24, 2.45) is 0 Å². The van der Waals surface area contributed by atoms with E-state index in [1.165, 1.54) is 18.2 Å². The third kappa shape index (κ3) is 4.73. The average Bonchev–Trinajstić information content (AvgIpc) is 2.47. The van der Waals surface area contributed by atoms with Crippen LogP contribution >= 0.6 is 0 Å².